The van der Waals surface area contributed by atoms with Crippen LogP contribution in [0.2, 0.25) is 0 Å². The molecule has 4 nitrogen and oxygen atoms in total. The number of nitrogens with zero attached hydrogens (tertiary/aromatic N) is 2. The molecule has 1 aliphatic rings. The lowest BCUT2D eigenvalue weighted by Gasteiger charge is -2.21. The zero-order chi connectivity index (χ0) is 11.4. The van der Waals surface area contributed by atoms with Crippen LogP contribution in [0.1, 0.15) is 18.4 Å². The molecule has 1 amide bonds. The van der Waals surface area contributed by atoms with E-state index in [9.17, 15) is 4.79 Å². The average molecular weight is 219 g/mol. The molecule has 1 aliphatic heterocycles. The number of pyridine rings is 1. The van der Waals surface area contributed by atoms with E-state index in [4.69, 9.17) is 0 Å². The molecule has 1 N–H and O–H groups in total. The third-order valence-corrected chi connectivity index (χ3v) is 2.90. The van der Waals surface area contributed by atoms with Crippen LogP contribution < -0.4 is 5.32 Å². The van der Waals surface area contributed by atoms with Crippen molar-refractivity contribution in [3.8, 4) is 0 Å². The first-order valence-electron chi connectivity index (χ1n) is 5.64. The summed E-state index contributed by atoms with van der Waals surface area (Å²) in [6.45, 7) is 1.61. The summed E-state index contributed by atoms with van der Waals surface area (Å²) in [4.78, 5) is 17.7. The average Bonchev–Trinajstić information content (AvgIpc) is 2.83. The van der Waals surface area contributed by atoms with Crippen LogP contribution in [0, 0.1) is 0 Å². The molecule has 2 heterocycles. The summed E-state index contributed by atoms with van der Waals surface area (Å²) in [5.74, 6) is 0.189. The molecule has 1 saturated heterocycles. The minimum atomic E-state index is 0.0202. The molecule has 16 heavy (non-hydrogen) atoms. The Hall–Kier alpha value is -1.42. The maximum absolute atomic E-state index is 12.0. The molecule has 0 spiro atoms. The van der Waals surface area contributed by atoms with Gasteiger partial charge in [-0.1, -0.05) is 0 Å². The van der Waals surface area contributed by atoms with Gasteiger partial charge in [-0.2, -0.15) is 0 Å². The first-order valence-corrected chi connectivity index (χ1v) is 5.64. The molecule has 1 unspecified atom stereocenters. The fraction of sp³-hybridized carbons (Fsp3) is 0.500. The molecule has 0 saturated carbocycles. The number of likely N-dealkylation sites (N-methyl/N-ethyl adjacent to an activating group) is 1. The molecule has 1 aromatic heterocycles. The predicted octanol–water partition coefficient (Wildman–Crippen LogP) is 0.792. The van der Waals surface area contributed by atoms with E-state index < -0.39 is 0 Å². The largest absolute Gasteiger partial charge is 0.340 e. The molecule has 4 heteroatoms. The Morgan fingerprint density at radius 1 is 1.56 bits per heavy atom. The van der Waals surface area contributed by atoms with Crippen molar-refractivity contribution >= 4 is 5.91 Å². The van der Waals surface area contributed by atoms with E-state index in [0.29, 0.717) is 6.54 Å². The second-order valence-corrected chi connectivity index (χ2v) is 4.20. The standard InChI is InChI=1S/C12H17N3O/c1-15(9-10-4-7-13-8-5-10)12(16)11-3-2-6-14-11/h4-5,7-8,11,14H,2-3,6,9H2,1H3. The molecule has 0 radical (unpaired) electrons. The van der Waals surface area contributed by atoms with Crippen molar-refractivity contribution in [2.45, 2.75) is 25.4 Å². The highest BCUT2D eigenvalue weighted by Crippen LogP contribution is 2.09. The van der Waals surface area contributed by atoms with E-state index >= 15 is 0 Å². The SMILES string of the molecule is CN(Cc1ccncc1)C(=O)C1CCCN1. The van der Waals surface area contributed by atoms with Gasteiger partial charge in [0.1, 0.15) is 0 Å². The Balaban J connectivity index is 1.92. The molecule has 1 aromatic rings. The van der Waals surface area contributed by atoms with Gasteiger partial charge in [0.05, 0.1) is 6.04 Å². The van der Waals surface area contributed by atoms with Crippen molar-refractivity contribution in [3.63, 3.8) is 0 Å². The van der Waals surface area contributed by atoms with E-state index in [1.165, 1.54) is 0 Å². The highest BCUT2D eigenvalue weighted by Gasteiger charge is 2.24. The summed E-state index contributed by atoms with van der Waals surface area (Å²) in [7, 11) is 1.85. The van der Waals surface area contributed by atoms with Gasteiger partial charge in [0.15, 0.2) is 0 Å². The number of nitrogens with one attached hydrogen (secondary N) is 1. The minimum Gasteiger partial charge on any atom is -0.340 e. The van der Waals surface area contributed by atoms with Crippen molar-refractivity contribution < 1.29 is 4.79 Å². The predicted molar refractivity (Wildman–Crippen MR) is 61.7 cm³/mol. The zero-order valence-electron chi connectivity index (χ0n) is 9.52. The number of hydrogen-bond acceptors (Lipinski definition) is 3. The Kier molecular flexibility index (Phi) is 3.51. The van der Waals surface area contributed by atoms with Crippen LogP contribution >= 0.6 is 0 Å². The third kappa shape index (κ3) is 2.58. The van der Waals surface area contributed by atoms with Gasteiger partial charge < -0.3 is 10.2 Å². The third-order valence-electron chi connectivity index (χ3n) is 2.90. The summed E-state index contributed by atoms with van der Waals surface area (Å²) < 4.78 is 0. The summed E-state index contributed by atoms with van der Waals surface area (Å²) in [5, 5.41) is 3.22. The van der Waals surface area contributed by atoms with Gasteiger partial charge in [0, 0.05) is 26.0 Å². The van der Waals surface area contributed by atoms with E-state index in [0.717, 1.165) is 24.9 Å². The topological polar surface area (TPSA) is 45.2 Å². The number of carbonyl (C=O) groups is 1. The van der Waals surface area contributed by atoms with E-state index in [2.05, 4.69) is 10.3 Å². The maximum Gasteiger partial charge on any atom is 0.239 e. The summed E-state index contributed by atoms with van der Waals surface area (Å²) >= 11 is 0. The molecule has 0 bridgehead atoms. The van der Waals surface area contributed by atoms with E-state index in [1.807, 2.05) is 19.2 Å². The Morgan fingerprint density at radius 3 is 2.94 bits per heavy atom. The van der Waals surface area contributed by atoms with E-state index in [-0.39, 0.29) is 11.9 Å². The van der Waals surface area contributed by atoms with Crippen molar-refractivity contribution in [1.29, 1.82) is 0 Å². The summed E-state index contributed by atoms with van der Waals surface area (Å²) in [6, 6.07) is 3.89. The first kappa shape index (κ1) is 11.1. The first-order chi connectivity index (χ1) is 7.77. The monoisotopic (exact) mass is 219 g/mol. The quantitative estimate of drug-likeness (QED) is 0.817. The van der Waals surface area contributed by atoms with Gasteiger partial charge in [0.25, 0.3) is 0 Å². The Labute approximate surface area is 95.7 Å². The molecule has 1 atom stereocenters. The normalized spacial score (nSPS) is 19.7. The van der Waals surface area contributed by atoms with Crippen molar-refractivity contribution in [2.75, 3.05) is 13.6 Å². The van der Waals surface area contributed by atoms with Gasteiger partial charge in [-0.3, -0.25) is 9.78 Å². The number of hydrogen-bond donors (Lipinski definition) is 1. The highest BCUT2D eigenvalue weighted by molar-refractivity contribution is 5.81. The smallest absolute Gasteiger partial charge is 0.239 e. The fourth-order valence-corrected chi connectivity index (χ4v) is 2.00. The van der Waals surface area contributed by atoms with Crippen LogP contribution in [-0.2, 0) is 11.3 Å². The van der Waals surface area contributed by atoms with Crippen LogP contribution in [0.4, 0.5) is 0 Å². The maximum atomic E-state index is 12.0. The van der Waals surface area contributed by atoms with Crippen molar-refractivity contribution in [1.82, 2.24) is 15.2 Å². The van der Waals surface area contributed by atoms with E-state index in [1.54, 1.807) is 17.3 Å². The van der Waals surface area contributed by atoms with Gasteiger partial charge in [-0.15, -0.1) is 0 Å². The van der Waals surface area contributed by atoms with Crippen LogP contribution in [0.3, 0.4) is 0 Å². The summed E-state index contributed by atoms with van der Waals surface area (Å²) in [5.41, 5.74) is 1.11. The van der Waals surface area contributed by atoms with Crippen LogP contribution in [0.25, 0.3) is 0 Å². The lowest BCUT2D eigenvalue weighted by molar-refractivity contribution is -0.132. The molecular formula is C12H17N3O. The molecular weight excluding hydrogens is 202 g/mol. The van der Waals surface area contributed by atoms with Crippen molar-refractivity contribution in [2.24, 2.45) is 0 Å². The zero-order valence-corrected chi connectivity index (χ0v) is 9.52. The van der Waals surface area contributed by atoms with Crippen LogP contribution in [0.5, 0.6) is 0 Å². The highest BCUT2D eigenvalue weighted by atomic mass is 16.2. The number of amides is 1. The number of rotatable bonds is 3. The second-order valence-electron chi connectivity index (χ2n) is 4.20. The minimum absolute atomic E-state index is 0.0202. The molecule has 2 rings (SSSR count). The summed E-state index contributed by atoms with van der Waals surface area (Å²) in [6.07, 6.45) is 5.56. The molecule has 86 valence electrons. The number of aromatic nitrogens is 1. The second kappa shape index (κ2) is 5.07. The van der Waals surface area contributed by atoms with Gasteiger partial charge in [-0.25, -0.2) is 0 Å². The molecule has 0 aliphatic carbocycles. The molecule has 1 fully saturated rings. The van der Waals surface area contributed by atoms with Gasteiger partial charge >= 0.3 is 0 Å². The Bertz CT molecular complexity index is 347. The van der Waals surface area contributed by atoms with Crippen molar-refractivity contribution in [3.05, 3.63) is 30.1 Å². The van der Waals surface area contributed by atoms with Crippen LogP contribution in [0.15, 0.2) is 24.5 Å². The molecule has 0 aromatic carbocycles. The lowest BCUT2D eigenvalue weighted by atomic mass is 10.2. The van der Waals surface area contributed by atoms with Gasteiger partial charge in [0.2, 0.25) is 5.91 Å². The fourth-order valence-electron chi connectivity index (χ4n) is 2.00. The van der Waals surface area contributed by atoms with Gasteiger partial charge in [-0.05, 0) is 37.1 Å². The number of carbonyl (C=O) groups excluding carboxylic acids is 1. The lowest BCUT2D eigenvalue weighted by Crippen LogP contribution is -2.41. The van der Waals surface area contributed by atoms with Crippen LogP contribution in [-0.4, -0.2) is 35.4 Å². The Morgan fingerprint density at radius 2 is 2.31 bits per heavy atom.